The lowest BCUT2D eigenvalue weighted by atomic mass is 10.2. The minimum absolute atomic E-state index is 0. The molecule has 6 nitrogen and oxygen atoms in total. The molecule has 8 heteroatoms. The number of rotatable bonds is 8. The van der Waals surface area contributed by atoms with Gasteiger partial charge in [-0.3, -0.25) is 0 Å². The van der Waals surface area contributed by atoms with Crippen molar-refractivity contribution in [3.63, 3.8) is 0 Å². The van der Waals surface area contributed by atoms with Crippen molar-refractivity contribution in [2.24, 2.45) is 4.99 Å². The number of nitrogens with zero attached hydrogens (tertiary/aromatic N) is 3. The molecule has 1 N–H and O–H groups in total. The summed E-state index contributed by atoms with van der Waals surface area (Å²) in [7, 11) is 3.67. The monoisotopic (exact) mass is 504 g/mol. The first-order chi connectivity index (χ1) is 12.6. The number of hydrogen-bond donors (Lipinski definition) is 1. The molecule has 0 aliphatic rings. The Hall–Kier alpha value is -1.55. The topological polar surface area (TPSA) is 59.0 Å². The molecule has 0 spiro atoms. The van der Waals surface area contributed by atoms with Crippen LogP contribution in [0, 0.1) is 6.92 Å². The summed E-state index contributed by atoms with van der Waals surface area (Å²) in [6.45, 7) is 8.75. The van der Waals surface area contributed by atoms with Crippen LogP contribution in [0.5, 0.6) is 11.5 Å². The summed E-state index contributed by atoms with van der Waals surface area (Å²) < 4.78 is 11.0. The van der Waals surface area contributed by atoms with Gasteiger partial charge in [0.15, 0.2) is 17.5 Å². The lowest BCUT2D eigenvalue weighted by molar-refractivity contribution is 0.310. The van der Waals surface area contributed by atoms with Gasteiger partial charge in [-0.25, -0.2) is 9.98 Å². The van der Waals surface area contributed by atoms with Crippen LogP contribution in [0.1, 0.15) is 30.1 Å². The summed E-state index contributed by atoms with van der Waals surface area (Å²) >= 11 is 1.67. The van der Waals surface area contributed by atoms with Crippen molar-refractivity contribution in [1.29, 1.82) is 0 Å². The highest BCUT2D eigenvalue weighted by Gasteiger charge is 2.10. The van der Waals surface area contributed by atoms with Gasteiger partial charge in [-0.1, -0.05) is 6.07 Å². The lowest BCUT2D eigenvalue weighted by Crippen LogP contribution is -2.38. The molecule has 0 bridgehead atoms. The minimum atomic E-state index is 0. The van der Waals surface area contributed by atoms with Crippen molar-refractivity contribution in [3.05, 3.63) is 39.8 Å². The second-order valence-corrected chi connectivity index (χ2v) is 6.86. The molecular weight excluding hydrogens is 475 g/mol. The van der Waals surface area contributed by atoms with E-state index in [-0.39, 0.29) is 24.0 Å². The van der Waals surface area contributed by atoms with Crippen molar-refractivity contribution >= 4 is 41.3 Å². The Morgan fingerprint density at radius 2 is 2.07 bits per heavy atom. The maximum absolute atomic E-state index is 5.57. The number of aryl methyl sites for hydroxylation is 1. The number of hydrogen-bond acceptors (Lipinski definition) is 5. The van der Waals surface area contributed by atoms with E-state index < -0.39 is 0 Å². The van der Waals surface area contributed by atoms with Crippen molar-refractivity contribution in [2.45, 2.75) is 33.9 Å². The number of benzene rings is 1. The fourth-order valence-corrected chi connectivity index (χ4v) is 3.12. The lowest BCUT2D eigenvalue weighted by Gasteiger charge is -2.21. The van der Waals surface area contributed by atoms with Gasteiger partial charge in [0.1, 0.15) is 0 Å². The van der Waals surface area contributed by atoms with Crippen molar-refractivity contribution < 1.29 is 9.47 Å². The molecule has 0 aliphatic carbocycles. The zero-order chi connectivity index (χ0) is 18.9. The third-order valence-electron chi connectivity index (χ3n) is 3.70. The molecule has 0 amide bonds. The number of aliphatic imine (C=N–C) groups is 1. The molecule has 0 saturated heterocycles. The fourth-order valence-electron chi connectivity index (χ4n) is 2.52. The molecule has 1 aromatic heterocycles. The Morgan fingerprint density at radius 1 is 1.30 bits per heavy atom. The van der Waals surface area contributed by atoms with Gasteiger partial charge in [-0.05, 0) is 38.5 Å². The molecule has 27 heavy (non-hydrogen) atoms. The number of aromatic nitrogens is 1. The first kappa shape index (κ1) is 23.5. The highest BCUT2D eigenvalue weighted by atomic mass is 127. The molecule has 2 aromatic rings. The van der Waals surface area contributed by atoms with Crippen LogP contribution in [-0.4, -0.2) is 43.2 Å². The predicted octanol–water partition coefficient (Wildman–Crippen LogP) is 4.07. The Bertz CT molecular complexity index is 736. The molecule has 0 aliphatic heterocycles. The largest absolute Gasteiger partial charge is 0.493 e. The molecular formula is C19H29IN4O2S. The van der Waals surface area contributed by atoms with Crippen molar-refractivity contribution in [3.8, 4) is 11.5 Å². The average molecular weight is 504 g/mol. The van der Waals surface area contributed by atoms with Crippen molar-refractivity contribution in [1.82, 2.24) is 15.2 Å². The van der Waals surface area contributed by atoms with Crippen LogP contribution >= 0.6 is 35.3 Å². The Morgan fingerprint density at radius 3 is 2.67 bits per heavy atom. The number of halogens is 1. The van der Waals surface area contributed by atoms with Crippen molar-refractivity contribution in [2.75, 3.05) is 27.3 Å². The number of thiazole rings is 1. The highest BCUT2D eigenvalue weighted by molar-refractivity contribution is 14.0. The Labute approximate surface area is 183 Å². The van der Waals surface area contributed by atoms with E-state index in [1.165, 1.54) is 0 Å². The SMILES string of the molecule is CCNC(=NCc1ccc(OCC)c(OC)c1)N(C)Cc1csc(C)n1.I. The van der Waals surface area contributed by atoms with Crippen LogP contribution in [0.4, 0.5) is 0 Å². The number of nitrogens with one attached hydrogen (secondary N) is 1. The van der Waals surface area contributed by atoms with Gasteiger partial charge in [0.2, 0.25) is 0 Å². The van der Waals surface area contributed by atoms with Gasteiger partial charge in [0.25, 0.3) is 0 Å². The zero-order valence-electron chi connectivity index (χ0n) is 16.6. The first-order valence-electron chi connectivity index (χ1n) is 8.77. The Kier molecular flexibility index (Phi) is 10.5. The number of ether oxygens (including phenoxy) is 2. The van der Waals surface area contributed by atoms with E-state index in [4.69, 9.17) is 14.5 Å². The maximum atomic E-state index is 5.57. The molecule has 0 unspecified atom stereocenters. The normalized spacial score (nSPS) is 10.9. The van der Waals surface area contributed by atoms with E-state index in [0.29, 0.717) is 13.2 Å². The van der Waals surface area contributed by atoms with E-state index in [9.17, 15) is 0 Å². The van der Waals surface area contributed by atoms with E-state index >= 15 is 0 Å². The van der Waals surface area contributed by atoms with E-state index in [1.54, 1.807) is 18.4 Å². The third kappa shape index (κ3) is 7.17. The maximum Gasteiger partial charge on any atom is 0.194 e. The molecule has 0 radical (unpaired) electrons. The Balaban J connectivity index is 0.00000364. The first-order valence-corrected chi connectivity index (χ1v) is 9.65. The van der Waals surface area contributed by atoms with Crippen LogP contribution in [-0.2, 0) is 13.1 Å². The van der Waals surface area contributed by atoms with Gasteiger partial charge < -0.3 is 19.7 Å². The molecule has 0 saturated carbocycles. The number of methoxy groups -OCH3 is 1. The zero-order valence-corrected chi connectivity index (χ0v) is 19.8. The van der Waals surface area contributed by atoms with Crippen LogP contribution < -0.4 is 14.8 Å². The van der Waals surface area contributed by atoms with Crippen LogP contribution in [0.25, 0.3) is 0 Å². The third-order valence-corrected chi connectivity index (χ3v) is 4.52. The summed E-state index contributed by atoms with van der Waals surface area (Å²) in [6.07, 6.45) is 0. The van der Waals surface area contributed by atoms with Crippen LogP contribution in [0.15, 0.2) is 28.6 Å². The second-order valence-electron chi connectivity index (χ2n) is 5.80. The van der Waals surface area contributed by atoms with Gasteiger partial charge in [-0.2, -0.15) is 0 Å². The smallest absolute Gasteiger partial charge is 0.194 e. The summed E-state index contributed by atoms with van der Waals surface area (Å²) in [6, 6.07) is 5.92. The molecule has 0 fully saturated rings. The fraction of sp³-hybridized carbons (Fsp3) is 0.474. The molecule has 0 atom stereocenters. The molecule has 150 valence electrons. The summed E-state index contributed by atoms with van der Waals surface area (Å²) in [4.78, 5) is 11.4. The molecule has 1 heterocycles. The van der Waals surface area contributed by atoms with Gasteiger partial charge in [0.05, 0.1) is 37.5 Å². The van der Waals surface area contributed by atoms with E-state index in [0.717, 1.165) is 46.8 Å². The summed E-state index contributed by atoms with van der Waals surface area (Å²) in [5.41, 5.74) is 2.13. The minimum Gasteiger partial charge on any atom is -0.493 e. The van der Waals surface area contributed by atoms with Gasteiger partial charge in [-0.15, -0.1) is 35.3 Å². The number of guanidine groups is 1. The molecule has 2 rings (SSSR count). The van der Waals surface area contributed by atoms with Crippen LogP contribution in [0.2, 0.25) is 0 Å². The van der Waals surface area contributed by atoms with Gasteiger partial charge in [0, 0.05) is 19.0 Å². The predicted molar refractivity (Wildman–Crippen MR) is 123 cm³/mol. The van der Waals surface area contributed by atoms with E-state index in [2.05, 4.69) is 27.5 Å². The van der Waals surface area contributed by atoms with E-state index in [1.807, 2.05) is 39.1 Å². The average Bonchev–Trinajstić information content (AvgIpc) is 3.04. The van der Waals surface area contributed by atoms with Crippen LogP contribution in [0.3, 0.4) is 0 Å². The second kappa shape index (κ2) is 12.0. The standard InChI is InChI=1S/C19H28N4O2S.HI/c1-6-20-19(23(4)12-16-13-26-14(3)22-16)21-11-15-8-9-17(25-7-2)18(10-15)24-5;/h8-10,13H,6-7,11-12H2,1-5H3,(H,20,21);1H. The summed E-state index contributed by atoms with van der Waals surface area (Å²) in [5.74, 6) is 2.34. The van der Waals surface area contributed by atoms with Gasteiger partial charge >= 0.3 is 0 Å². The molecule has 1 aromatic carbocycles. The highest BCUT2D eigenvalue weighted by Crippen LogP contribution is 2.28. The summed E-state index contributed by atoms with van der Waals surface area (Å²) in [5, 5.41) is 6.51. The quantitative estimate of drug-likeness (QED) is 0.334.